The summed E-state index contributed by atoms with van der Waals surface area (Å²) in [6.45, 7) is 0. The van der Waals surface area contributed by atoms with Gasteiger partial charge in [-0.05, 0) is 55.5 Å². The highest BCUT2D eigenvalue weighted by Crippen LogP contribution is 2.54. The summed E-state index contributed by atoms with van der Waals surface area (Å²) in [7, 11) is 0. The van der Waals surface area contributed by atoms with Crippen LogP contribution in [0.15, 0.2) is 42.5 Å². The number of hydrogen-bond donors (Lipinski definition) is 2. The van der Waals surface area contributed by atoms with E-state index in [-0.39, 0.29) is 5.91 Å². The molecule has 2 aliphatic rings. The maximum Gasteiger partial charge on any atom is 0.290 e. The van der Waals surface area contributed by atoms with Gasteiger partial charge in [-0.3, -0.25) is 15.6 Å². The van der Waals surface area contributed by atoms with Gasteiger partial charge < -0.3 is 0 Å². The molecule has 5 rings (SSSR count). The Kier molecular flexibility index (Phi) is 4.69. The van der Waals surface area contributed by atoms with Gasteiger partial charge in [-0.25, -0.2) is 4.68 Å². The number of para-hydroxylation sites is 1. The number of amides is 1. The largest absolute Gasteiger partial charge is 0.297 e. The summed E-state index contributed by atoms with van der Waals surface area (Å²) in [5.41, 5.74) is 9.53. The van der Waals surface area contributed by atoms with Crippen LogP contribution in [0.5, 0.6) is 0 Å². The molecule has 2 bridgehead atoms. The Morgan fingerprint density at radius 3 is 2.62 bits per heavy atom. The number of nitrogens with zero attached hydrogens (tertiary/aromatic N) is 2. The first-order valence-corrected chi connectivity index (χ1v) is 10.6. The van der Waals surface area contributed by atoms with Gasteiger partial charge in [0.15, 0.2) is 5.69 Å². The van der Waals surface area contributed by atoms with Gasteiger partial charge in [-0.15, -0.1) is 0 Å². The molecule has 1 fully saturated rings. The van der Waals surface area contributed by atoms with Crippen LogP contribution in [0.1, 0.15) is 52.8 Å². The van der Waals surface area contributed by atoms with Crippen LogP contribution in [-0.4, -0.2) is 15.7 Å². The molecular formula is C21H17Cl3N4O. The van der Waals surface area contributed by atoms with E-state index in [2.05, 4.69) is 16.0 Å². The van der Waals surface area contributed by atoms with Crippen molar-refractivity contribution in [2.24, 2.45) is 0 Å². The zero-order chi connectivity index (χ0) is 20.1. The van der Waals surface area contributed by atoms with E-state index in [1.807, 2.05) is 22.9 Å². The lowest BCUT2D eigenvalue weighted by atomic mass is 9.95. The monoisotopic (exact) mass is 446 g/mol. The van der Waals surface area contributed by atoms with Gasteiger partial charge in [0.1, 0.15) is 0 Å². The van der Waals surface area contributed by atoms with Crippen molar-refractivity contribution in [2.45, 2.75) is 31.1 Å². The van der Waals surface area contributed by atoms with Crippen molar-refractivity contribution in [3.05, 3.63) is 74.5 Å². The first kappa shape index (κ1) is 18.8. The Morgan fingerprint density at radius 1 is 1.03 bits per heavy atom. The molecule has 2 atom stereocenters. The van der Waals surface area contributed by atoms with E-state index >= 15 is 0 Å². The number of anilines is 1. The summed E-state index contributed by atoms with van der Waals surface area (Å²) in [6.07, 6.45) is 3.24. The molecule has 2 aliphatic carbocycles. The first-order chi connectivity index (χ1) is 14.0. The van der Waals surface area contributed by atoms with Crippen LogP contribution < -0.4 is 10.9 Å². The van der Waals surface area contributed by atoms with Crippen molar-refractivity contribution in [3.8, 4) is 5.69 Å². The molecule has 1 heterocycles. The topological polar surface area (TPSA) is 59.0 Å². The van der Waals surface area contributed by atoms with Crippen molar-refractivity contribution in [3.63, 3.8) is 0 Å². The number of carbonyl (C=O) groups excluding carboxylic acids is 1. The molecule has 1 saturated carbocycles. The third-order valence-electron chi connectivity index (χ3n) is 5.72. The molecule has 2 aromatic carbocycles. The lowest BCUT2D eigenvalue weighted by molar-refractivity contribution is 0.0956. The Labute approximate surface area is 182 Å². The number of fused-ring (bicyclic) bond motifs is 5. The Balaban J connectivity index is 1.52. The van der Waals surface area contributed by atoms with Crippen LogP contribution in [-0.2, 0) is 0 Å². The smallest absolute Gasteiger partial charge is 0.290 e. The third-order valence-corrected chi connectivity index (χ3v) is 6.59. The number of rotatable bonds is 4. The summed E-state index contributed by atoms with van der Waals surface area (Å²) in [5, 5.41) is 6.26. The number of benzene rings is 2. The minimum absolute atomic E-state index is 0.294. The summed E-state index contributed by atoms with van der Waals surface area (Å²) in [5.74, 6) is 0.459. The highest BCUT2D eigenvalue weighted by atomic mass is 35.5. The van der Waals surface area contributed by atoms with E-state index in [4.69, 9.17) is 34.8 Å². The van der Waals surface area contributed by atoms with Gasteiger partial charge in [-0.1, -0.05) is 46.9 Å². The summed E-state index contributed by atoms with van der Waals surface area (Å²) in [4.78, 5) is 13.0. The fraction of sp³-hybridized carbons (Fsp3) is 0.238. The van der Waals surface area contributed by atoms with Gasteiger partial charge >= 0.3 is 0 Å². The van der Waals surface area contributed by atoms with E-state index in [9.17, 15) is 4.79 Å². The Hall–Kier alpha value is -2.21. The van der Waals surface area contributed by atoms with Gasteiger partial charge in [0, 0.05) is 16.5 Å². The molecular weight excluding hydrogens is 431 g/mol. The van der Waals surface area contributed by atoms with Gasteiger partial charge in [0.25, 0.3) is 5.91 Å². The molecule has 8 heteroatoms. The molecule has 0 radical (unpaired) electrons. The van der Waals surface area contributed by atoms with Crippen LogP contribution in [0.2, 0.25) is 15.1 Å². The predicted molar refractivity (Wildman–Crippen MR) is 115 cm³/mol. The lowest BCUT2D eigenvalue weighted by Gasteiger charge is -2.15. The van der Waals surface area contributed by atoms with Gasteiger partial charge in [-0.2, -0.15) is 5.10 Å². The van der Waals surface area contributed by atoms with Crippen molar-refractivity contribution < 1.29 is 4.79 Å². The number of halogens is 3. The van der Waals surface area contributed by atoms with Gasteiger partial charge in [0.05, 0.1) is 27.1 Å². The molecule has 0 spiro atoms. The zero-order valence-electron chi connectivity index (χ0n) is 15.3. The molecule has 5 nitrogen and oxygen atoms in total. The quantitative estimate of drug-likeness (QED) is 0.486. The number of nitrogens with one attached hydrogen (secondary N) is 2. The van der Waals surface area contributed by atoms with Crippen LogP contribution in [0.25, 0.3) is 5.69 Å². The second kappa shape index (κ2) is 7.24. The normalized spacial score (nSPS) is 19.3. The molecule has 2 N–H and O–H groups in total. The number of carbonyl (C=O) groups is 1. The fourth-order valence-electron chi connectivity index (χ4n) is 4.48. The van der Waals surface area contributed by atoms with E-state index in [1.54, 1.807) is 24.3 Å². The Bertz CT molecular complexity index is 1130. The standard InChI is InChI=1S/C21H17Cl3N4O/c22-13-7-8-17(15(24)10-13)28-20-12-6-5-11(9-12)18(20)19(27-28)21(29)26-25-16-4-2-1-3-14(16)23/h1-4,7-8,10-12,25H,5-6,9H2,(H,26,29). The van der Waals surface area contributed by atoms with Crippen molar-refractivity contribution in [1.82, 2.24) is 15.2 Å². The summed E-state index contributed by atoms with van der Waals surface area (Å²) in [6, 6.07) is 12.5. The average molecular weight is 448 g/mol. The van der Waals surface area contributed by atoms with Crippen LogP contribution in [0.4, 0.5) is 5.69 Å². The molecule has 29 heavy (non-hydrogen) atoms. The van der Waals surface area contributed by atoms with Crippen molar-refractivity contribution in [2.75, 3.05) is 5.43 Å². The first-order valence-electron chi connectivity index (χ1n) is 9.42. The van der Waals surface area contributed by atoms with Crippen molar-refractivity contribution in [1.29, 1.82) is 0 Å². The SMILES string of the molecule is O=C(NNc1ccccc1Cl)c1nn(-c2ccc(Cl)cc2Cl)c2c1C1CCC2C1. The highest BCUT2D eigenvalue weighted by Gasteiger charge is 2.44. The number of aromatic nitrogens is 2. The van der Waals surface area contributed by atoms with E-state index < -0.39 is 0 Å². The molecule has 0 aliphatic heterocycles. The predicted octanol–water partition coefficient (Wildman–Crippen LogP) is 5.95. The van der Waals surface area contributed by atoms with Crippen LogP contribution in [0, 0.1) is 0 Å². The maximum atomic E-state index is 13.0. The minimum atomic E-state index is -0.294. The third kappa shape index (κ3) is 3.18. The summed E-state index contributed by atoms with van der Waals surface area (Å²) >= 11 is 18.7. The molecule has 2 unspecified atom stereocenters. The number of hydrogen-bond acceptors (Lipinski definition) is 3. The van der Waals surface area contributed by atoms with Crippen molar-refractivity contribution >= 4 is 46.4 Å². The van der Waals surface area contributed by atoms with Gasteiger partial charge in [0.2, 0.25) is 0 Å². The van der Waals surface area contributed by atoms with E-state index in [0.29, 0.717) is 38.3 Å². The van der Waals surface area contributed by atoms with Crippen LogP contribution in [0.3, 0.4) is 0 Å². The number of hydrazine groups is 1. The zero-order valence-corrected chi connectivity index (χ0v) is 17.5. The maximum absolute atomic E-state index is 13.0. The molecule has 1 amide bonds. The molecule has 148 valence electrons. The van der Waals surface area contributed by atoms with E-state index in [0.717, 1.165) is 36.2 Å². The second-order valence-electron chi connectivity index (χ2n) is 7.42. The highest BCUT2D eigenvalue weighted by molar-refractivity contribution is 6.35. The fourth-order valence-corrected chi connectivity index (χ4v) is 5.15. The Morgan fingerprint density at radius 2 is 1.83 bits per heavy atom. The molecule has 3 aromatic rings. The second-order valence-corrected chi connectivity index (χ2v) is 8.67. The van der Waals surface area contributed by atoms with E-state index in [1.165, 1.54) is 0 Å². The van der Waals surface area contributed by atoms with Crippen LogP contribution >= 0.6 is 34.8 Å². The molecule has 1 aromatic heterocycles. The molecule has 0 saturated heterocycles. The average Bonchev–Trinajstić information content (AvgIpc) is 3.40. The lowest BCUT2D eigenvalue weighted by Crippen LogP contribution is -2.30. The minimum Gasteiger partial charge on any atom is -0.297 e. The summed E-state index contributed by atoms with van der Waals surface area (Å²) < 4.78 is 1.82.